The van der Waals surface area contributed by atoms with Crippen LogP contribution in [0.2, 0.25) is 0 Å². The van der Waals surface area contributed by atoms with Crippen LogP contribution in [0.3, 0.4) is 0 Å². The molecule has 8 heteroatoms. The maximum absolute atomic E-state index is 12.9. The van der Waals surface area contributed by atoms with Crippen molar-refractivity contribution in [3.05, 3.63) is 23.3 Å². The second-order valence-electron chi connectivity index (χ2n) is 6.53. The van der Waals surface area contributed by atoms with Crippen molar-refractivity contribution < 1.29 is 23.1 Å². The number of ether oxygens (including phenoxy) is 1. The molecule has 0 bridgehead atoms. The van der Waals surface area contributed by atoms with Crippen LogP contribution in [0.15, 0.2) is 17.0 Å². The summed E-state index contributed by atoms with van der Waals surface area (Å²) in [4.78, 5) is 12.9. The highest BCUT2D eigenvalue weighted by Gasteiger charge is 2.31. The molecule has 25 heavy (non-hydrogen) atoms. The maximum Gasteiger partial charge on any atom is 0.317 e. The average Bonchev–Trinajstić information content (AvgIpc) is 2.54. The number of methoxy groups -OCH3 is 1. The summed E-state index contributed by atoms with van der Waals surface area (Å²) in [5.41, 5.74) is 1.58. The number of aryl methyl sites for hydroxylation is 2. The highest BCUT2D eigenvalue weighted by Crippen LogP contribution is 2.29. The van der Waals surface area contributed by atoms with Gasteiger partial charge in [0.15, 0.2) is 0 Å². The summed E-state index contributed by atoms with van der Waals surface area (Å²) in [6.45, 7) is 4.41. The van der Waals surface area contributed by atoms with Crippen LogP contribution in [0.5, 0.6) is 5.75 Å². The molecule has 0 saturated carbocycles. The molecule has 1 N–H and O–H groups in total. The van der Waals surface area contributed by atoms with Crippen molar-refractivity contribution in [3.8, 4) is 5.75 Å². The molecule has 0 spiro atoms. The van der Waals surface area contributed by atoms with E-state index in [2.05, 4.69) is 0 Å². The van der Waals surface area contributed by atoms with Crippen LogP contribution in [0, 0.1) is 13.8 Å². The van der Waals surface area contributed by atoms with Gasteiger partial charge in [-0.2, -0.15) is 4.31 Å². The third kappa shape index (κ3) is 4.31. The Hall–Kier alpha value is -1.64. The van der Waals surface area contributed by atoms with Crippen molar-refractivity contribution in [2.75, 3.05) is 33.8 Å². The second-order valence-corrected chi connectivity index (χ2v) is 8.47. The minimum atomic E-state index is -3.56. The maximum atomic E-state index is 12.9. The van der Waals surface area contributed by atoms with Gasteiger partial charge in [0.25, 0.3) is 0 Å². The molecule has 1 aromatic carbocycles. The minimum absolute atomic E-state index is 0.0334. The highest BCUT2D eigenvalue weighted by atomic mass is 32.2. The fourth-order valence-corrected chi connectivity index (χ4v) is 5.04. The summed E-state index contributed by atoms with van der Waals surface area (Å²) in [7, 11) is -0.227. The van der Waals surface area contributed by atoms with E-state index in [1.165, 1.54) is 4.31 Å². The van der Waals surface area contributed by atoms with Crippen LogP contribution >= 0.6 is 0 Å². The Morgan fingerprint density at radius 2 is 1.80 bits per heavy atom. The molecular formula is C17H26N2O5S. The molecule has 1 aliphatic rings. The molecule has 0 atom stereocenters. The number of hydrogen-bond acceptors (Lipinski definition) is 5. The second kappa shape index (κ2) is 7.72. The summed E-state index contributed by atoms with van der Waals surface area (Å²) >= 11 is 0. The molecule has 1 saturated heterocycles. The first-order valence-corrected chi connectivity index (χ1v) is 9.68. The van der Waals surface area contributed by atoms with Crippen molar-refractivity contribution in [2.24, 2.45) is 0 Å². The van der Waals surface area contributed by atoms with Gasteiger partial charge in [-0.1, -0.05) is 0 Å². The molecule has 1 heterocycles. The van der Waals surface area contributed by atoms with Gasteiger partial charge in [0.05, 0.1) is 18.6 Å². The number of hydrogen-bond donors (Lipinski definition) is 1. The van der Waals surface area contributed by atoms with Gasteiger partial charge >= 0.3 is 5.97 Å². The zero-order chi connectivity index (χ0) is 18.8. The number of benzene rings is 1. The molecular weight excluding hydrogens is 344 g/mol. The van der Waals surface area contributed by atoms with Gasteiger partial charge in [0.2, 0.25) is 10.0 Å². The predicted molar refractivity (Wildman–Crippen MR) is 94.5 cm³/mol. The number of rotatable bonds is 6. The van der Waals surface area contributed by atoms with Crippen LogP contribution in [-0.4, -0.2) is 68.5 Å². The van der Waals surface area contributed by atoms with Crippen LogP contribution in [0.1, 0.15) is 24.0 Å². The van der Waals surface area contributed by atoms with Gasteiger partial charge in [0, 0.05) is 19.1 Å². The SMILES string of the molecule is COc1c(C)cc(S(=O)(=O)N2CCC(N(C)CC(=O)O)CC2)cc1C. The Labute approximate surface area is 149 Å². The Morgan fingerprint density at radius 1 is 1.28 bits per heavy atom. The van der Waals surface area contributed by atoms with Crippen molar-refractivity contribution in [3.63, 3.8) is 0 Å². The topological polar surface area (TPSA) is 87.2 Å². The molecule has 0 aliphatic carbocycles. The van der Waals surface area contributed by atoms with E-state index < -0.39 is 16.0 Å². The Bertz CT molecular complexity index is 716. The zero-order valence-corrected chi connectivity index (χ0v) is 16.0. The van der Waals surface area contributed by atoms with Crippen LogP contribution in [0.25, 0.3) is 0 Å². The first kappa shape index (κ1) is 19.7. The minimum Gasteiger partial charge on any atom is -0.496 e. The monoisotopic (exact) mass is 370 g/mol. The zero-order valence-electron chi connectivity index (χ0n) is 15.2. The number of carbonyl (C=O) groups is 1. The molecule has 0 amide bonds. The summed E-state index contributed by atoms with van der Waals surface area (Å²) < 4.78 is 32.6. The van der Waals surface area contributed by atoms with E-state index >= 15 is 0 Å². The van der Waals surface area contributed by atoms with E-state index in [1.54, 1.807) is 31.2 Å². The van der Waals surface area contributed by atoms with E-state index in [9.17, 15) is 13.2 Å². The summed E-state index contributed by atoms with van der Waals surface area (Å²) in [6, 6.07) is 3.37. The Morgan fingerprint density at radius 3 is 2.24 bits per heavy atom. The van der Waals surface area contributed by atoms with Crippen LogP contribution in [-0.2, 0) is 14.8 Å². The van der Waals surface area contributed by atoms with E-state index in [1.807, 2.05) is 13.8 Å². The smallest absolute Gasteiger partial charge is 0.317 e. The van der Waals surface area contributed by atoms with E-state index in [0.717, 1.165) is 11.1 Å². The van der Waals surface area contributed by atoms with Gasteiger partial charge < -0.3 is 9.84 Å². The fourth-order valence-electron chi connectivity index (χ4n) is 3.40. The summed E-state index contributed by atoms with van der Waals surface area (Å²) in [5.74, 6) is -0.172. The lowest BCUT2D eigenvalue weighted by Crippen LogP contribution is -2.46. The molecule has 0 unspecified atom stereocenters. The number of likely N-dealkylation sites (N-methyl/N-ethyl adjacent to an activating group) is 1. The summed E-state index contributed by atoms with van der Waals surface area (Å²) in [6.07, 6.45) is 1.24. The molecule has 0 aromatic heterocycles. The Kier molecular flexibility index (Phi) is 6.08. The van der Waals surface area contributed by atoms with Gasteiger partial charge in [-0.25, -0.2) is 8.42 Å². The number of carboxylic acids is 1. The summed E-state index contributed by atoms with van der Waals surface area (Å²) in [5, 5.41) is 8.88. The van der Waals surface area contributed by atoms with E-state index in [-0.39, 0.29) is 17.5 Å². The lowest BCUT2D eigenvalue weighted by Gasteiger charge is -2.35. The highest BCUT2D eigenvalue weighted by molar-refractivity contribution is 7.89. The molecule has 140 valence electrons. The molecule has 1 aliphatic heterocycles. The third-order valence-corrected chi connectivity index (χ3v) is 6.58. The van der Waals surface area contributed by atoms with Crippen molar-refractivity contribution in [1.29, 1.82) is 0 Å². The van der Waals surface area contributed by atoms with E-state index in [0.29, 0.717) is 31.7 Å². The first-order chi connectivity index (χ1) is 11.7. The van der Waals surface area contributed by atoms with Gasteiger partial charge in [-0.3, -0.25) is 9.69 Å². The number of nitrogens with zero attached hydrogens (tertiary/aromatic N) is 2. The average molecular weight is 370 g/mol. The fraction of sp³-hybridized carbons (Fsp3) is 0.588. The van der Waals surface area contributed by atoms with Gasteiger partial charge in [-0.15, -0.1) is 0 Å². The number of sulfonamides is 1. The molecule has 7 nitrogen and oxygen atoms in total. The quantitative estimate of drug-likeness (QED) is 0.816. The number of aliphatic carboxylic acids is 1. The largest absolute Gasteiger partial charge is 0.496 e. The molecule has 1 fully saturated rings. The molecule has 0 radical (unpaired) electrons. The standard InChI is InChI=1S/C17H26N2O5S/c1-12-9-15(10-13(2)17(12)24-4)25(22,23)19-7-5-14(6-8-19)18(3)11-16(20)21/h9-10,14H,5-8,11H2,1-4H3,(H,20,21). The van der Waals surface area contributed by atoms with Crippen molar-refractivity contribution in [2.45, 2.75) is 37.6 Å². The molecule has 2 rings (SSSR count). The van der Waals surface area contributed by atoms with Gasteiger partial charge in [-0.05, 0) is 57.0 Å². The lowest BCUT2D eigenvalue weighted by atomic mass is 10.1. The van der Waals surface area contributed by atoms with Crippen molar-refractivity contribution >= 4 is 16.0 Å². The van der Waals surface area contributed by atoms with Crippen LogP contribution < -0.4 is 4.74 Å². The first-order valence-electron chi connectivity index (χ1n) is 8.24. The van der Waals surface area contributed by atoms with Gasteiger partial charge in [0.1, 0.15) is 5.75 Å². The normalized spacial score (nSPS) is 17.0. The van der Waals surface area contributed by atoms with E-state index in [4.69, 9.17) is 9.84 Å². The third-order valence-electron chi connectivity index (χ3n) is 4.71. The van der Waals surface area contributed by atoms with Crippen LogP contribution in [0.4, 0.5) is 0 Å². The lowest BCUT2D eigenvalue weighted by molar-refractivity contribution is -0.138. The predicted octanol–water partition coefficient (Wildman–Crippen LogP) is 1.48. The molecule has 1 aromatic rings. The Balaban J connectivity index is 2.13. The number of carboxylic acid groups (broad SMARTS) is 1. The van der Waals surface area contributed by atoms with Crippen molar-refractivity contribution in [1.82, 2.24) is 9.21 Å². The number of piperidine rings is 1.